The Hall–Kier alpha value is -4.33. The smallest absolute Gasteiger partial charge is 0.336 e. The number of carbonyl (C=O) groups is 3. The first-order chi connectivity index (χ1) is 18.7. The summed E-state index contributed by atoms with van der Waals surface area (Å²) in [4.78, 5) is 40.4. The number of carboxylic acids is 1. The number of amides is 2. The highest BCUT2D eigenvalue weighted by Gasteiger charge is 2.35. The molecule has 7 nitrogen and oxygen atoms in total. The summed E-state index contributed by atoms with van der Waals surface area (Å²) in [6.07, 6.45) is -0.0210. The predicted molar refractivity (Wildman–Crippen MR) is 149 cm³/mol. The molecule has 39 heavy (non-hydrogen) atoms. The molecule has 1 heterocycles. The number of aryl methyl sites for hydroxylation is 2. The van der Waals surface area contributed by atoms with Crippen LogP contribution in [0.2, 0.25) is 0 Å². The SMILES string of the molecule is Cc1cccc(CCNC(O)c2ccc3c4c(ccc(C(=O)O)c24)C(=O)N(CCc2cccc(C)c2)C3=O)c1. The Bertz CT molecular complexity index is 1590. The highest BCUT2D eigenvalue weighted by molar-refractivity contribution is 6.27. The van der Waals surface area contributed by atoms with Gasteiger partial charge in [0.05, 0.1) is 5.56 Å². The highest BCUT2D eigenvalue weighted by Crippen LogP contribution is 2.36. The monoisotopic (exact) mass is 522 g/mol. The zero-order valence-corrected chi connectivity index (χ0v) is 21.9. The molecule has 0 aliphatic carbocycles. The van der Waals surface area contributed by atoms with E-state index in [1.807, 2.05) is 56.3 Å². The van der Waals surface area contributed by atoms with E-state index in [0.717, 1.165) is 22.3 Å². The summed E-state index contributed by atoms with van der Waals surface area (Å²) in [7, 11) is 0. The minimum atomic E-state index is -1.20. The Labute approximate surface area is 226 Å². The first-order valence-electron chi connectivity index (χ1n) is 13.0. The van der Waals surface area contributed by atoms with Crippen LogP contribution in [0.4, 0.5) is 0 Å². The molecule has 0 bridgehead atoms. The van der Waals surface area contributed by atoms with Crippen LogP contribution in [0.5, 0.6) is 0 Å². The second kappa shape index (κ2) is 10.8. The topological polar surface area (TPSA) is 107 Å². The number of hydrogen-bond acceptors (Lipinski definition) is 5. The zero-order valence-electron chi connectivity index (χ0n) is 21.9. The number of aromatic carboxylic acids is 1. The predicted octanol–water partition coefficient (Wildman–Crippen LogP) is 4.82. The number of aliphatic hydroxyl groups excluding tert-OH is 1. The number of rotatable bonds is 9. The molecule has 0 spiro atoms. The zero-order chi connectivity index (χ0) is 27.7. The van der Waals surface area contributed by atoms with Crippen molar-refractivity contribution in [2.75, 3.05) is 13.1 Å². The molecule has 1 aliphatic heterocycles. The van der Waals surface area contributed by atoms with Gasteiger partial charge in [-0.3, -0.25) is 19.8 Å². The lowest BCUT2D eigenvalue weighted by molar-refractivity contribution is 0.0608. The summed E-state index contributed by atoms with van der Waals surface area (Å²) in [5.41, 5.74) is 5.11. The Balaban J connectivity index is 1.46. The van der Waals surface area contributed by atoms with Crippen molar-refractivity contribution in [2.45, 2.75) is 32.9 Å². The van der Waals surface area contributed by atoms with Crippen molar-refractivity contribution in [2.24, 2.45) is 0 Å². The van der Waals surface area contributed by atoms with Crippen LogP contribution in [0.15, 0.2) is 72.8 Å². The molecule has 2 amide bonds. The number of imide groups is 1. The van der Waals surface area contributed by atoms with E-state index >= 15 is 0 Å². The number of carbonyl (C=O) groups excluding carboxylic acids is 2. The molecule has 4 aromatic rings. The van der Waals surface area contributed by atoms with Crippen LogP contribution in [0.1, 0.15) is 65.1 Å². The average molecular weight is 523 g/mol. The van der Waals surface area contributed by atoms with Gasteiger partial charge < -0.3 is 10.2 Å². The second-order valence-corrected chi connectivity index (χ2v) is 10.0. The van der Waals surface area contributed by atoms with Crippen molar-refractivity contribution < 1.29 is 24.6 Å². The Morgan fingerprint density at radius 3 is 2.00 bits per heavy atom. The summed E-state index contributed by atoms with van der Waals surface area (Å²) in [5, 5.41) is 24.5. The van der Waals surface area contributed by atoms with Gasteiger partial charge in [0, 0.05) is 40.6 Å². The van der Waals surface area contributed by atoms with Gasteiger partial charge in [0.1, 0.15) is 6.23 Å². The van der Waals surface area contributed by atoms with E-state index in [-0.39, 0.29) is 34.0 Å². The molecule has 198 valence electrons. The maximum absolute atomic E-state index is 13.5. The van der Waals surface area contributed by atoms with Gasteiger partial charge in [-0.2, -0.15) is 0 Å². The number of carboxylic acid groups (broad SMARTS) is 1. The maximum Gasteiger partial charge on any atom is 0.336 e. The van der Waals surface area contributed by atoms with Crippen molar-refractivity contribution in [3.8, 4) is 0 Å². The van der Waals surface area contributed by atoms with Crippen LogP contribution >= 0.6 is 0 Å². The van der Waals surface area contributed by atoms with E-state index in [1.54, 1.807) is 12.1 Å². The number of nitrogens with one attached hydrogen (secondary N) is 1. The molecule has 5 rings (SSSR count). The van der Waals surface area contributed by atoms with Crippen molar-refractivity contribution in [3.05, 3.63) is 117 Å². The third-order valence-corrected chi connectivity index (χ3v) is 7.21. The summed E-state index contributed by atoms with van der Waals surface area (Å²) < 4.78 is 0. The van der Waals surface area contributed by atoms with E-state index < -0.39 is 24.0 Å². The molecule has 1 atom stereocenters. The van der Waals surface area contributed by atoms with Crippen LogP contribution in [0.25, 0.3) is 10.8 Å². The summed E-state index contributed by atoms with van der Waals surface area (Å²) >= 11 is 0. The van der Waals surface area contributed by atoms with E-state index in [4.69, 9.17) is 0 Å². The lowest BCUT2D eigenvalue weighted by Crippen LogP contribution is -2.41. The van der Waals surface area contributed by atoms with Gasteiger partial charge in [-0.25, -0.2) is 4.79 Å². The quantitative estimate of drug-likeness (QED) is 0.215. The Kier molecular flexibility index (Phi) is 7.28. The number of hydrogen-bond donors (Lipinski definition) is 3. The first-order valence-corrected chi connectivity index (χ1v) is 13.0. The molecule has 0 radical (unpaired) electrons. The molecule has 0 fully saturated rings. The van der Waals surface area contributed by atoms with E-state index in [0.29, 0.717) is 24.9 Å². The highest BCUT2D eigenvalue weighted by atomic mass is 16.4. The average Bonchev–Trinajstić information content (AvgIpc) is 2.91. The number of aliphatic hydroxyl groups is 1. The normalized spacial score (nSPS) is 13.7. The number of benzene rings is 4. The van der Waals surface area contributed by atoms with Crippen LogP contribution in [0, 0.1) is 13.8 Å². The molecule has 4 aromatic carbocycles. The summed E-state index contributed by atoms with van der Waals surface area (Å²) in [6.45, 7) is 4.65. The van der Waals surface area contributed by atoms with Gasteiger partial charge in [-0.1, -0.05) is 65.7 Å². The molecular weight excluding hydrogens is 492 g/mol. The van der Waals surface area contributed by atoms with E-state index in [9.17, 15) is 24.6 Å². The fourth-order valence-electron chi connectivity index (χ4n) is 5.31. The molecule has 1 aliphatic rings. The van der Waals surface area contributed by atoms with E-state index in [1.165, 1.54) is 17.0 Å². The van der Waals surface area contributed by atoms with Crippen LogP contribution in [-0.4, -0.2) is 46.0 Å². The molecule has 0 saturated carbocycles. The lowest BCUT2D eigenvalue weighted by atomic mass is 9.87. The van der Waals surface area contributed by atoms with Crippen LogP contribution in [-0.2, 0) is 12.8 Å². The Morgan fingerprint density at radius 2 is 1.41 bits per heavy atom. The molecular formula is C32H30N2O5. The van der Waals surface area contributed by atoms with Crippen molar-refractivity contribution >= 4 is 28.6 Å². The Morgan fingerprint density at radius 1 is 0.821 bits per heavy atom. The minimum Gasteiger partial charge on any atom is -0.478 e. The molecule has 3 N–H and O–H groups in total. The third-order valence-electron chi connectivity index (χ3n) is 7.21. The first kappa shape index (κ1) is 26.3. The molecule has 0 saturated heterocycles. The maximum atomic E-state index is 13.5. The lowest BCUT2D eigenvalue weighted by Gasteiger charge is -2.29. The third kappa shape index (κ3) is 5.19. The van der Waals surface area contributed by atoms with Gasteiger partial charge >= 0.3 is 5.97 Å². The molecule has 7 heteroatoms. The van der Waals surface area contributed by atoms with Crippen molar-refractivity contribution in [1.29, 1.82) is 0 Å². The largest absolute Gasteiger partial charge is 0.478 e. The van der Waals surface area contributed by atoms with E-state index in [2.05, 4.69) is 11.4 Å². The van der Waals surface area contributed by atoms with Gasteiger partial charge in [-0.05, 0) is 56.0 Å². The summed E-state index contributed by atoms with van der Waals surface area (Å²) in [5.74, 6) is -2.14. The van der Waals surface area contributed by atoms with Crippen LogP contribution in [0.3, 0.4) is 0 Å². The summed E-state index contributed by atoms with van der Waals surface area (Å²) in [6, 6.07) is 22.0. The standard InChI is InChI=1S/C32H30N2O5/c1-19-5-3-7-21(17-19)13-15-33-29(35)23-9-10-24-28-25(11-12-26(27(23)28)32(38)39)31(37)34(30(24)36)16-14-22-8-4-6-20(2)18-22/h3-12,17-18,29,33,35H,13-16H2,1-2H3,(H,38,39). The minimum absolute atomic E-state index is 0.0704. The molecule has 0 aromatic heterocycles. The van der Waals surface area contributed by atoms with Gasteiger partial charge in [0.2, 0.25) is 0 Å². The van der Waals surface area contributed by atoms with Gasteiger partial charge in [0.25, 0.3) is 11.8 Å². The van der Waals surface area contributed by atoms with Gasteiger partial charge in [-0.15, -0.1) is 0 Å². The second-order valence-electron chi connectivity index (χ2n) is 10.0. The fourth-order valence-corrected chi connectivity index (χ4v) is 5.31. The van der Waals surface area contributed by atoms with Crippen molar-refractivity contribution in [3.63, 3.8) is 0 Å². The van der Waals surface area contributed by atoms with Crippen molar-refractivity contribution in [1.82, 2.24) is 10.2 Å². The number of nitrogens with zero attached hydrogens (tertiary/aromatic N) is 1. The van der Waals surface area contributed by atoms with Gasteiger partial charge in [0.15, 0.2) is 0 Å². The fraction of sp³-hybridized carbons (Fsp3) is 0.219. The molecule has 1 unspecified atom stereocenters. The van der Waals surface area contributed by atoms with Crippen LogP contribution < -0.4 is 5.32 Å².